The van der Waals surface area contributed by atoms with Crippen molar-refractivity contribution in [1.82, 2.24) is 9.62 Å². The Morgan fingerprint density at radius 3 is 2.07 bits per heavy atom. The van der Waals surface area contributed by atoms with E-state index in [1.807, 2.05) is 20.8 Å². The summed E-state index contributed by atoms with van der Waals surface area (Å²) < 4.78 is 50.7. The number of hydrogen-bond donors (Lipinski definition) is 1. The molecule has 8 nitrogen and oxygen atoms in total. The molecule has 1 aromatic rings. The molecule has 1 rings (SSSR count). The van der Waals surface area contributed by atoms with Gasteiger partial charge in [0.15, 0.2) is 6.19 Å². The number of sulfonamides is 1. The van der Waals surface area contributed by atoms with Crippen molar-refractivity contribution in [1.29, 1.82) is 5.26 Å². The maximum absolute atomic E-state index is 12.6. The van der Waals surface area contributed by atoms with Crippen LogP contribution in [-0.2, 0) is 30.1 Å². The number of amides is 1. The Bertz CT molecular complexity index is 924. The zero-order chi connectivity index (χ0) is 21.0. The number of nitrogens with zero attached hydrogens (tertiary/aromatic N) is 2. The van der Waals surface area contributed by atoms with Crippen LogP contribution >= 0.6 is 0 Å². The third-order valence-electron chi connectivity index (χ3n) is 3.80. The van der Waals surface area contributed by atoms with Gasteiger partial charge in [-0.3, -0.25) is 4.79 Å². The highest BCUT2D eigenvalue weighted by atomic mass is 32.2. The third-order valence-corrected chi connectivity index (χ3v) is 6.22. The lowest BCUT2D eigenvalue weighted by molar-refractivity contribution is -0.129. The summed E-state index contributed by atoms with van der Waals surface area (Å²) in [6.07, 6.45) is 2.51. The summed E-state index contributed by atoms with van der Waals surface area (Å²) in [6.45, 7) is 7.47. The predicted octanol–water partition coefficient (Wildman–Crippen LogP) is 1.01. The first-order valence-corrected chi connectivity index (χ1v) is 11.8. The van der Waals surface area contributed by atoms with Gasteiger partial charge in [-0.15, -0.1) is 0 Å². The molecular weight excluding hydrogens is 390 g/mol. The summed E-state index contributed by atoms with van der Waals surface area (Å²) in [5, 5.41) is 8.99. The molecule has 10 heteroatoms. The van der Waals surface area contributed by atoms with E-state index in [4.69, 9.17) is 5.26 Å². The fourth-order valence-electron chi connectivity index (χ4n) is 2.31. The number of likely N-dealkylation sites (N-methyl/N-ethyl adjacent to an activating group) is 1. The van der Waals surface area contributed by atoms with Crippen molar-refractivity contribution < 1.29 is 21.6 Å². The van der Waals surface area contributed by atoms with Crippen LogP contribution in [-0.4, -0.2) is 52.2 Å². The second-order valence-electron chi connectivity index (χ2n) is 7.22. The van der Waals surface area contributed by atoms with Crippen LogP contribution in [0.1, 0.15) is 33.3 Å². The first kappa shape index (κ1) is 23.1. The smallest absolute Gasteiger partial charge is 0.254 e. The van der Waals surface area contributed by atoms with Crippen LogP contribution in [0.4, 0.5) is 0 Å². The first-order valence-electron chi connectivity index (χ1n) is 8.23. The predicted molar refractivity (Wildman–Crippen MR) is 102 cm³/mol. The van der Waals surface area contributed by atoms with Gasteiger partial charge in [-0.1, -0.05) is 32.9 Å². The second-order valence-corrected chi connectivity index (χ2v) is 11.1. The highest BCUT2D eigenvalue weighted by molar-refractivity contribution is 7.91. The summed E-state index contributed by atoms with van der Waals surface area (Å²) >= 11 is 0. The number of nitrogens with one attached hydrogen (secondary N) is 1. The van der Waals surface area contributed by atoms with E-state index >= 15 is 0 Å². The van der Waals surface area contributed by atoms with Gasteiger partial charge in [0.2, 0.25) is 10.0 Å². The maximum Gasteiger partial charge on any atom is 0.254 e. The van der Waals surface area contributed by atoms with Gasteiger partial charge in [-0.05, 0) is 30.0 Å². The van der Waals surface area contributed by atoms with Crippen LogP contribution in [0, 0.1) is 11.5 Å². The van der Waals surface area contributed by atoms with Gasteiger partial charge in [0.05, 0.1) is 10.6 Å². The summed E-state index contributed by atoms with van der Waals surface area (Å²) in [6, 6.07) is 4.52. The fourth-order valence-corrected chi connectivity index (χ4v) is 4.44. The van der Waals surface area contributed by atoms with Gasteiger partial charge < -0.3 is 0 Å². The maximum atomic E-state index is 12.6. The molecule has 1 aromatic carbocycles. The zero-order valence-electron chi connectivity index (χ0n) is 16.1. The molecule has 1 N–H and O–H groups in total. The third kappa shape index (κ3) is 6.61. The monoisotopic (exact) mass is 415 g/mol. The van der Waals surface area contributed by atoms with Crippen molar-refractivity contribution in [2.75, 3.05) is 18.6 Å². The molecule has 0 aliphatic carbocycles. The van der Waals surface area contributed by atoms with Crippen LogP contribution in [0.15, 0.2) is 29.2 Å². The molecular formula is C17H25N3O5S2. The molecule has 0 aromatic heterocycles. The molecule has 1 amide bonds. The highest BCUT2D eigenvalue weighted by Crippen LogP contribution is 2.23. The standard InChI is InChI=1S/C17H25N3O5S2/c1-6-20(12-18)16(21)15(11-26(5,22)23)19-27(24,25)14-9-7-13(8-10-14)17(2,3)4/h7-10,15,19H,6,11H2,1-5H3. The zero-order valence-corrected chi connectivity index (χ0v) is 17.7. The molecule has 0 spiro atoms. The van der Waals surface area contributed by atoms with Crippen molar-refractivity contribution >= 4 is 25.8 Å². The lowest BCUT2D eigenvalue weighted by atomic mass is 9.87. The molecule has 0 radical (unpaired) electrons. The lowest BCUT2D eigenvalue weighted by Gasteiger charge is -2.22. The van der Waals surface area contributed by atoms with Gasteiger partial charge in [-0.2, -0.15) is 9.98 Å². The van der Waals surface area contributed by atoms with Crippen LogP contribution in [0.2, 0.25) is 0 Å². The Morgan fingerprint density at radius 2 is 1.70 bits per heavy atom. The van der Waals surface area contributed by atoms with E-state index in [-0.39, 0.29) is 16.9 Å². The lowest BCUT2D eigenvalue weighted by Crippen LogP contribution is -2.50. The molecule has 1 unspecified atom stereocenters. The average Bonchev–Trinajstić information content (AvgIpc) is 2.53. The summed E-state index contributed by atoms with van der Waals surface area (Å²) in [7, 11) is -7.84. The number of sulfone groups is 1. The van der Waals surface area contributed by atoms with Gasteiger partial charge in [0.25, 0.3) is 5.91 Å². The molecule has 0 fully saturated rings. The molecule has 0 saturated carbocycles. The van der Waals surface area contributed by atoms with E-state index in [0.29, 0.717) is 4.90 Å². The normalized spacial score (nSPS) is 13.6. The molecule has 0 bridgehead atoms. The molecule has 0 aliphatic heterocycles. The summed E-state index contributed by atoms with van der Waals surface area (Å²) in [5.74, 6) is -1.66. The molecule has 150 valence electrons. The average molecular weight is 416 g/mol. The van der Waals surface area contributed by atoms with E-state index in [1.165, 1.54) is 19.1 Å². The van der Waals surface area contributed by atoms with Crippen LogP contribution in [0.5, 0.6) is 0 Å². The Morgan fingerprint density at radius 1 is 1.19 bits per heavy atom. The number of rotatable bonds is 7. The minimum absolute atomic E-state index is 0.00238. The van der Waals surface area contributed by atoms with E-state index in [1.54, 1.807) is 18.3 Å². The fraction of sp³-hybridized carbons (Fsp3) is 0.529. The molecule has 0 saturated heterocycles. The van der Waals surface area contributed by atoms with Crippen LogP contribution in [0.3, 0.4) is 0 Å². The van der Waals surface area contributed by atoms with E-state index in [2.05, 4.69) is 4.72 Å². The molecule has 0 heterocycles. The number of benzene rings is 1. The van der Waals surface area contributed by atoms with Crippen LogP contribution < -0.4 is 4.72 Å². The largest absolute Gasteiger partial charge is 0.272 e. The second kappa shape index (κ2) is 8.37. The van der Waals surface area contributed by atoms with Crippen molar-refractivity contribution in [2.45, 2.75) is 44.0 Å². The van der Waals surface area contributed by atoms with Crippen molar-refractivity contribution in [2.24, 2.45) is 0 Å². The Kier molecular flexibility index (Phi) is 7.16. The SMILES string of the molecule is CCN(C#N)C(=O)C(CS(C)(=O)=O)NS(=O)(=O)c1ccc(C(C)(C)C)cc1. The Balaban J connectivity index is 3.22. The number of hydrogen-bond acceptors (Lipinski definition) is 6. The minimum Gasteiger partial charge on any atom is -0.272 e. The topological polar surface area (TPSA) is 124 Å². The van der Waals surface area contributed by atoms with Crippen molar-refractivity contribution in [3.8, 4) is 6.19 Å². The molecule has 0 aliphatic rings. The summed E-state index contributed by atoms with van der Waals surface area (Å²) in [4.78, 5) is 13.0. The van der Waals surface area contributed by atoms with Gasteiger partial charge in [-0.25, -0.2) is 21.7 Å². The van der Waals surface area contributed by atoms with E-state index in [9.17, 15) is 21.6 Å². The minimum atomic E-state index is -4.16. The Hall–Kier alpha value is -1.96. The highest BCUT2D eigenvalue weighted by Gasteiger charge is 2.32. The van der Waals surface area contributed by atoms with Crippen molar-refractivity contribution in [3.63, 3.8) is 0 Å². The van der Waals surface area contributed by atoms with Gasteiger partial charge in [0, 0.05) is 12.8 Å². The van der Waals surface area contributed by atoms with Crippen molar-refractivity contribution in [3.05, 3.63) is 29.8 Å². The molecule has 27 heavy (non-hydrogen) atoms. The van der Waals surface area contributed by atoms with E-state index in [0.717, 1.165) is 11.8 Å². The summed E-state index contributed by atoms with van der Waals surface area (Å²) in [5.41, 5.74) is 0.755. The van der Waals surface area contributed by atoms with Gasteiger partial charge in [0.1, 0.15) is 15.9 Å². The van der Waals surface area contributed by atoms with Crippen LogP contribution in [0.25, 0.3) is 0 Å². The quantitative estimate of drug-likeness (QED) is 0.523. The molecule has 1 atom stereocenters. The number of nitriles is 1. The van der Waals surface area contributed by atoms with E-state index < -0.39 is 37.6 Å². The number of carbonyl (C=O) groups excluding carboxylic acids is 1. The Labute approximate surface area is 161 Å². The first-order chi connectivity index (χ1) is 12.2. The van der Waals surface area contributed by atoms with Gasteiger partial charge >= 0.3 is 0 Å². The number of carbonyl (C=O) groups is 1.